The highest BCUT2D eigenvalue weighted by Gasteiger charge is 2.22. The topological polar surface area (TPSA) is 69.6 Å². The maximum absolute atomic E-state index is 10.5. The van der Waals surface area contributed by atoms with Gasteiger partial charge in [0.2, 0.25) is 5.95 Å². The number of nitrogens with zero attached hydrogens (tertiary/aromatic N) is 4. The molecule has 0 saturated carbocycles. The van der Waals surface area contributed by atoms with Crippen LogP contribution >= 0.6 is 0 Å². The highest BCUT2D eigenvalue weighted by atomic mass is 16.4. The molecule has 0 aromatic carbocycles. The summed E-state index contributed by atoms with van der Waals surface area (Å²) in [6.45, 7) is 5.53. The van der Waals surface area contributed by atoms with E-state index in [1.807, 2.05) is 7.05 Å². The Morgan fingerprint density at radius 1 is 1.43 bits per heavy atom. The summed E-state index contributed by atoms with van der Waals surface area (Å²) in [5.41, 5.74) is 0.690. The minimum Gasteiger partial charge on any atom is -0.478 e. The van der Waals surface area contributed by atoms with E-state index >= 15 is 0 Å². The van der Waals surface area contributed by atoms with Crippen molar-refractivity contribution in [2.24, 2.45) is 0 Å². The molecule has 0 spiro atoms. The number of hydrogen-bond acceptors (Lipinski definition) is 5. The molecule has 1 aromatic rings. The van der Waals surface area contributed by atoms with Gasteiger partial charge < -0.3 is 14.9 Å². The van der Waals surface area contributed by atoms with Crippen molar-refractivity contribution in [3.63, 3.8) is 0 Å². The molecular formula is C15H22N4O2. The normalized spacial score (nSPS) is 17.2. The summed E-state index contributed by atoms with van der Waals surface area (Å²) in [6.07, 6.45) is 8.12. The molecule has 1 fully saturated rings. The highest BCUT2D eigenvalue weighted by Crippen LogP contribution is 2.19. The first-order valence-electron chi connectivity index (χ1n) is 7.28. The van der Waals surface area contributed by atoms with Crippen LogP contribution in [0.1, 0.15) is 25.3 Å². The molecular weight excluding hydrogens is 268 g/mol. The summed E-state index contributed by atoms with van der Waals surface area (Å²) in [5, 5.41) is 8.59. The lowest BCUT2D eigenvalue weighted by atomic mass is 10.0. The van der Waals surface area contributed by atoms with Crippen molar-refractivity contribution in [1.82, 2.24) is 14.9 Å². The third-order valence-electron chi connectivity index (χ3n) is 3.94. The second-order valence-corrected chi connectivity index (χ2v) is 5.26. The van der Waals surface area contributed by atoms with Crippen molar-refractivity contribution in [1.29, 1.82) is 0 Å². The number of aromatic nitrogens is 2. The van der Waals surface area contributed by atoms with Gasteiger partial charge in [-0.05, 0) is 25.5 Å². The number of carbonyl (C=O) groups is 1. The Morgan fingerprint density at radius 2 is 2.05 bits per heavy atom. The van der Waals surface area contributed by atoms with E-state index in [4.69, 9.17) is 5.11 Å². The van der Waals surface area contributed by atoms with Gasteiger partial charge in [0.25, 0.3) is 0 Å². The Hall–Kier alpha value is -1.95. The largest absolute Gasteiger partial charge is 0.478 e. The number of hydrogen-bond donors (Lipinski definition) is 1. The molecule has 21 heavy (non-hydrogen) atoms. The molecule has 0 atom stereocenters. The Morgan fingerprint density at radius 3 is 2.57 bits per heavy atom. The molecule has 1 aliphatic rings. The molecule has 6 heteroatoms. The van der Waals surface area contributed by atoms with Crippen LogP contribution in [0, 0.1) is 0 Å². The monoisotopic (exact) mass is 290 g/mol. The second-order valence-electron chi connectivity index (χ2n) is 5.26. The zero-order valence-corrected chi connectivity index (χ0v) is 12.6. The Kier molecular flexibility index (Phi) is 5.27. The number of likely N-dealkylation sites (tertiary alicyclic amines) is 1. The Bertz CT molecular complexity index is 493. The van der Waals surface area contributed by atoms with Gasteiger partial charge in [-0.3, -0.25) is 0 Å². The fraction of sp³-hybridized carbons (Fsp3) is 0.533. The minimum atomic E-state index is -0.973. The standard InChI is InChI=1S/C15H22N4O2/c1-3-19-8-6-13(7-9-19)18(2)15-16-10-12(11-17-15)4-5-14(20)21/h4-5,10-11,13H,3,6-9H2,1-2H3,(H,20,21)/b5-4+. The lowest BCUT2D eigenvalue weighted by Crippen LogP contribution is -2.43. The van der Waals surface area contributed by atoms with Gasteiger partial charge in [-0.2, -0.15) is 0 Å². The van der Waals surface area contributed by atoms with E-state index in [1.54, 1.807) is 12.4 Å². The molecule has 0 unspecified atom stereocenters. The fourth-order valence-corrected chi connectivity index (χ4v) is 2.55. The van der Waals surface area contributed by atoms with Gasteiger partial charge >= 0.3 is 5.97 Å². The van der Waals surface area contributed by atoms with Crippen LogP contribution in [0.4, 0.5) is 5.95 Å². The highest BCUT2D eigenvalue weighted by molar-refractivity contribution is 5.85. The molecule has 0 bridgehead atoms. The number of carboxylic acid groups (broad SMARTS) is 1. The van der Waals surface area contributed by atoms with E-state index in [2.05, 4.69) is 26.7 Å². The van der Waals surface area contributed by atoms with Crippen LogP contribution in [0.2, 0.25) is 0 Å². The third-order valence-corrected chi connectivity index (χ3v) is 3.94. The quantitative estimate of drug-likeness (QED) is 0.829. The van der Waals surface area contributed by atoms with E-state index in [1.165, 1.54) is 6.08 Å². The smallest absolute Gasteiger partial charge is 0.328 e. The number of aliphatic carboxylic acids is 1. The average molecular weight is 290 g/mol. The lowest BCUT2D eigenvalue weighted by molar-refractivity contribution is -0.131. The van der Waals surface area contributed by atoms with Crippen LogP contribution in [0.3, 0.4) is 0 Å². The Balaban J connectivity index is 1.97. The van der Waals surface area contributed by atoms with Crippen molar-refractivity contribution in [3.05, 3.63) is 24.0 Å². The molecule has 0 amide bonds. The summed E-state index contributed by atoms with van der Waals surface area (Å²) in [6, 6.07) is 0.466. The van der Waals surface area contributed by atoms with Gasteiger partial charge in [-0.1, -0.05) is 6.92 Å². The first-order valence-corrected chi connectivity index (χ1v) is 7.28. The lowest BCUT2D eigenvalue weighted by Gasteiger charge is -2.36. The number of rotatable bonds is 5. The molecule has 1 N–H and O–H groups in total. The van der Waals surface area contributed by atoms with Gasteiger partial charge in [0.15, 0.2) is 0 Å². The predicted molar refractivity (Wildman–Crippen MR) is 82.2 cm³/mol. The van der Waals surface area contributed by atoms with Crippen molar-refractivity contribution < 1.29 is 9.90 Å². The van der Waals surface area contributed by atoms with Crippen molar-refractivity contribution in [2.75, 3.05) is 31.6 Å². The van der Waals surface area contributed by atoms with Gasteiger partial charge in [-0.15, -0.1) is 0 Å². The molecule has 1 aliphatic heterocycles. The number of carboxylic acids is 1. The molecule has 2 heterocycles. The van der Waals surface area contributed by atoms with Crippen molar-refractivity contribution in [3.8, 4) is 0 Å². The van der Waals surface area contributed by atoms with Gasteiger partial charge in [0, 0.05) is 50.2 Å². The van der Waals surface area contributed by atoms with E-state index in [0.29, 0.717) is 17.6 Å². The van der Waals surface area contributed by atoms with E-state index in [-0.39, 0.29) is 0 Å². The molecule has 1 saturated heterocycles. The van der Waals surface area contributed by atoms with Crippen LogP contribution in [0.5, 0.6) is 0 Å². The van der Waals surface area contributed by atoms with E-state index in [9.17, 15) is 4.79 Å². The van der Waals surface area contributed by atoms with Crippen LogP contribution < -0.4 is 4.90 Å². The molecule has 6 nitrogen and oxygen atoms in total. The summed E-state index contributed by atoms with van der Waals surface area (Å²) < 4.78 is 0. The summed E-state index contributed by atoms with van der Waals surface area (Å²) in [5.74, 6) is -0.281. The van der Waals surface area contributed by atoms with Gasteiger partial charge in [0.05, 0.1) is 0 Å². The molecule has 1 aromatic heterocycles. The van der Waals surface area contributed by atoms with Crippen molar-refractivity contribution in [2.45, 2.75) is 25.8 Å². The minimum absolute atomic E-state index is 0.466. The predicted octanol–water partition coefficient (Wildman–Crippen LogP) is 1.49. The Labute approximate surface area is 125 Å². The molecule has 2 rings (SSSR count). The molecule has 0 radical (unpaired) electrons. The number of piperidine rings is 1. The summed E-state index contributed by atoms with van der Waals surface area (Å²) in [4.78, 5) is 23.7. The van der Waals surface area contributed by atoms with Crippen LogP contribution in [-0.2, 0) is 4.79 Å². The van der Waals surface area contributed by atoms with Crippen LogP contribution in [0.15, 0.2) is 18.5 Å². The first kappa shape index (κ1) is 15.4. The maximum Gasteiger partial charge on any atom is 0.328 e. The summed E-state index contributed by atoms with van der Waals surface area (Å²) in [7, 11) is 2.02. The van der Waals surface area contributed by atoms with E-state index < -0.39 is 5.97 Å². The molecule has 114 valence electrons. The van der Waals surface area contributed by atoms with Crippen molar-refractivity contribution >= 4 is 18.0 Å². The first-order chi connectivity index (χ1) is 10.1. The molecule has 0 aliphatic carbocycles. The summed E-state index contributed by atoms with van der Waals surface area (Å²) >= 11 is 0. The number of anilines is 1. The second kappa shape index (κ2) is 7.17. The zero-order valence-electron chi connectivity index (χ0n) is 12.6. The maximum atomic E-state index is 10.5. The average Bonchev–Trinajstić information content (AvgIpc) is 2.53. The van der Waals surface area contributed by atoms with Crippen LogP contribution in [0.25, 0.3) is 6.08 Å². The van der Waals surface area contributed by atoms with Gasteiger partial charge in [0.1, 0.15) is 0 Å². The van der Waals surface area contributed by atoms with Gasteiger partial charge in [-0.25, -0.2) is 14.8 Å². The zero-order chi connectivity index (χ0) is 15.2. The SMILES string of the molecule is CCN1CCC(N(C)c2ncc(/C=C/C(=O)O)cn2)CC1. The third kappa shape index (κ3) is 4.26. The fourth-order valence-electron chi connectivity index (χ4n) is 2.55. The van der Waals surface area contributed by atoms with E-state index in [0.717, 1.165) is 38.6 Å². The van der Waals surface area contributed by atoms with Crippen LogP contribution in [-0.4, -0.2) is 58.7 Å².